The molecule has 7 heteroatoms. The van der Waals surface area contributed by atoms with Crippen molar-refractivity contribution in [2.45, 2.75) is 45.3 Å². The molecule has 1 aliphatic rings. The third-order valence-corrected chi connectivity index (χ3v) is 5.66. The molecule has 31 heavy (non-hydrogen) atoms. The van der Waals surface area contributed by atoms with Crippen LogP contribution in [0.1, 0.15) is 44.0 Å². The summed E-state index contributed by atoms with van der Waals surface area (Å²) in [5, 5.41) is 13.3. The number of anilines is 2. The van der Waals surface area contributed by atoms with E-state index in [0.717, 1.165) is 49.3 Å². The van der Waals surface area contributed by atoms with E-state index in [-0.39, 0.29) is 18.0 Å². The van der Waals surface area contributed by atoms with Gasteiger partial charge in [0.25, 0.3) is 0 Å². The molecule has 1 aromatic carbocycles. The van der Waals surface area contributed by atoms with Crippen LogP contribution in [0.2, 0.25) is 0 Å². The number of hydrogen-bond donors (Lipinski definition) is 2. The highest BCUT2D eigenvalue weighted by Crippen LogP contribution is 2.31. The molecule has 1 unspecified atom stereocenters. The molecule has 0 amide bonds. The lowest BCUT2D eigenvalue weighted by molar-refractivity contribution is 0.145. The average molecular weight is 422 g/mol. The highest BCUT2D eigenvalue weighted by Gasteiger charge is 2.22. The van der Waals surface area contributed by atoms with E-state index in [9.17, 15) is 9.50 Å². The average Bonchev–Trinajstić information content (AvgIpc) is 2.80. The van der Waals surface area contributed by atoms with Gasteiger partial charge in [-0.2, -0.15) is 0 Å². The van der Waals surface area contributed by atoms with Gasteiger partial charge in [0.1, 0.15) is 17.3 Å². The number of nitrogens with one attached hydrogen (secondary N) is 1. The second kappa shape index (κ2) is 9.39. The minimum Gasteiger partial charge on any atom is -0.393 e. The summed E-state index contributed by atoms with van der Waals surface area (Å²) in [4.78, 5) is 15.9. The molecule has 0 spiro atoms. The molecular formula is C24H28FN5O. The van der Waals surface area contributed by atoms with Crippen LogP contribution in [0.4, 0.5) is 15.9 Å². The third kappa shape index (κ3) is 4.99. The molecule has 162 valence electrons. The predicted octanol–water partition coefficient (Wildman–Crippen LogP) is 4.37. The molecule has 1 aliphatic heterocycles. The topological polar surface area (TPSA) is 74.2 Å². The van der Waals surface area contributed by atoms with Crippen molar-refractivity contribution in [1.29, 1.82) is 0 Å². The van der Waals surface area contributed by atoms with Crippen LogP contribution in [0.5, 0.6) is 0 Å². The number of benzene rings is 1. The van der Waals surface area contributed by atoms with Crippen molar-refractivity contribution in [2.24, 2.45) is 0 Å². The summed E-state index contributed by atoms with van der Waals surface area (Å²) in [6.07, 6.45) is 3.68. The quantitative estimate of drug-likeness (QED) is 0.616. The summed E-state index contributed by atoms with van der Waals surface area (Å²) in [6.45, 7) is 5.56. The highest BCUT2D eigenvalue weighted by molar-refractivity contribution is 5.58. The van der Waals surface area contributed by atoms with Gasteiger partial charge in [0, 0.05) is 42.3 Å². The van der Waals surface area contributed by atoms with Crippen molar-refractivity contribution in [3.8, 4) is 11.5 Å². The Morgan fingerprint density at radius 2 is 1.97 bits per heavy atom. The number of aryl methyl sites for hydroxylation is 1. The SMILES string of the molecule is CCc1cc(NC(C)c2cc(F)ccc2N2CCC(O)CC2)nc(-c2ccccn2)n1. The third-order valence-electron chi connectivity index (χ3n) is 5.66. The van der Waals surface area contributed by atoms with Crippen LogP contribution in [0.3, 0.4) is 0 Å². The number of aliphatic hydroxyl groups excluding tert-OH is 1. The molecule has 0 radical (unpaired) electrons. The Balaban J connectivity index is 1.62. The van der Waals surface area contributed by atoms with Crippen LogP contribution < -0.4 is 10.2 Å². The van der Waals surface area contributed by atoms with Crippen molar-refractivity contribution in [3.05, 3.63) is 65.7 Å². The number of rotatable bonds is 6. The van der Waals surface area contributed by atoms with Crippen LogP contribution in [0.25, 0.3) is 11.5 Å². The number of aliphatic hydroxyl groups is 1. The molecule has 2 N–H and O–H groups in total. The zero-order valence-corrected chi connectivity index (χ0v) is 17.9. The number of halogens is 1. The first-order valence-electron chi connectivity index (χ1n) is 10.8. The van der Waals surface area contributed by atoms with Gasteiger partial charge in [-0.25, -0.2) is 14.4 Å². The molecule has 6 nitrogen and oxygen atoms in total. The fraction of sp³-hybridized carbons (Fsp3) is 0.375. The normalized spacial score (nSPS) is 15.7. The summed E-state index contributed by atoms with van der Waals surface area (Å²) >= 11 is 0. The Labute approximate surface area is 182 Å². The zero-order chi connectivity index (χ0) is 21.8. The van der Waals surface area contributed by atoms with Gasteiger partial charge in [0.05, 0.1) is 12.1 Å². The van der Waals surface area contributed by atoms with Crippen molar-refractivity contribution < 1.29 is 9.50 Å². The summed E-state index contributed by atoms with van der Waals surface area (Å²) < 4.78 is 14.2. The number of piperidine rings is 1. The van der Waals surface area contributed by atoms with Crippen LogP contribution in [-0.4, -0.2) is 39.3 Å². The number of aromatic nitrogens is 3. The first-order valence-corrected chi connectivity index (χ1v) is 10.8. The maximum absolute atomic E-state index is 14.2. The Morgan fingerprint density at radius 1 is 1.16 bits per heavy atom. The van der Waals surface area contributed by atoms with Gasteiger partial charge in [-0.05, 0) is 56.5 Å². The lowest BCUT2D eigenvalue weighted by Gasteiger charge is -2.34. The number of pyridine rings is 1. The van der Waals surface area contributed by atoms with Crippen LogP contribution >= 0.6 is 0 Å². The van der Waals surface area contributed by atoms with Gasteiger partial charge in [-0.1, -0.05) is 13.0 Å². The van der Waals surface area contributed by atoms with E-state index in [2.05, 4.69) is 25.2 Å². The van der Waals surface area contributed by atoms with Crippen molar-refractivity contribution >= 4 is 11.5 Å². The van der Waals surface area contributed by atoms with E-state index in [4.69, 9.17) is 0 Å². The summed E-state index contributed by atoms with van der Waals surface area (Å²) in [5.41, 5.74) is 3.48. The van der Waals surface area contributed by atoms with Gasteiger partial charge in [-0.3, -0.25) is 4.98 Å². The van der Waals surface area contributed by atoms with Gasteiger partial charge in [-0.15, -0.1) is 0 Å². The van der Waals surface area contributed by atoms with E-state index in [0.29, 0.717) is 17.3 Å². The van der Waals surface area contributed by atoms with E-state index < -0.39 is 0 Å². The minimum atomic E-state index is -0.268. The minimum absolute atomic E-state index is 0.172. The Morgan fingerprint density at radius 3 is 2.68 bits per heavy atom. The standard InChI is InChI=1S/C24H28FN5O/c1-3-18-15-23(29-24(28-18)21-6-4-5-11-26-21)27-16(2)20-14-17(25)7-8-22(20)30-12-9-19(31)10-13-30/h4-8,11,14-16,19,31H,3,9-10,12-13H2,1-2H3,(H,27,28,29). The van der Waals surface area contributed by atoms with Crippen LogP contribution in [0.15, 0.2) is 48.7 Å². The monoisotopic (exact) mass is 421 g/mol. The van der Waals surface area contributed by atoms with E-state index in [1.54, 1.807) is 12.3 Å². The molecular weight excluding hydrogens is 393 g/mol. The van der Waals surface area contributed by atoms with Gasteiger partial charge in [0.15, 0.2) is 5.82 Å². The molecule has 0 saturated carbocycles. The van der Waals surface area contributed by atoms with Crippen LogP contribution in [-0.2, 0) is 6.42 Å². The lowest BCUT2D eigenvalue weighted by Crippen LogP contribution is -2.36. The number of hydrogen-bond acceptors (Lipinski definition) is 6. The van der Waals surface area contributed by atoms with Crippen molar-refractivity contribution in [3.63, 3.8) is 0 Å². The molecule has 3 heterocycles. The predicted molar refractivity (Wildman–Crippen MR) is 121 cm³/mol. The molecule has 1 fully saturated rings. The fourth-order valence-electron chi connectivity index (χ4n) is 3.93. The van der Waals surface area contributed by atoms with E-state index in [1.165, 1.54) is 6.07 Å². The molecule has 4 rings (SSSR count). The van der Waals surface area contributed by atoms with E-state index in [1.807, 2.05) is 44.2 Å². The molecule has 0 bridgehead atoms. The Hall–Kier alpha value is -3.06. The Kier molecular flexibility index (Phi) is 6.42. The van der Waals surface area contributed by atoms with Gasteiger partial charge < -0.3 is 15.3 Å². The molecule has 0 aliphatic carbocycles. The molecule has 1 saturated heterocycles. The van der Waals surface area contributed by atoms with Crippen LogP contribution in [0, 0.1) is 5.82 Å². The van der Waals surface area contributed by atoms with Gasteiger partial charge >= 0.3 is 0 Å². The maximum Gasteiger partial charge on any atom is 0.180 e. The Bertz CT molecular complexity index is 1020. The summed E-state index contributed by atoms with van der Waals surface area (Å²) in [6, 6.07) is 12.3. The number of nitrogens with zero attached hydrogens (tertiary/aromatic N) is 4. The van der Waals surface area contributed by atoms with Crippen molar-refractivity contribution in [2.75, 3.05) is 23.3 Å². The largest absolute Gasteiger partial charge is 0.393 e. The van der Waals surface area contributed by atoms with Crippen molar-refractivity contribution in [1.82, 2.24) is 15.0 Å². The zero-order valence-electron chi connectivity index (χ0n) is 17.9. The lowest BCUT2D eigenvalue weighted by atomic mass is 10.0. The smallest absolute Gasteiger partial charge is 0.180 e. The second-order valence-corrected chi connectivity index (χ2v) is 7.92. The van der Waals surface area contributed by atoms with Gasteiger partial charge in [0.2, 0.25) is 0 Å². The van der Waals surface area contributed by atoms with E-state index >= 15 is 0 Å². The molecule has 1 atom stereocenters. The fourth-order valence-corrected chi connectivity index (χ4v) is 3.93. The maximum atomic E-state index is 14.2. The molecule has 2 aromatic heterocycles. The summed E-state index contributed by atoms with van der Waals surface area (Å²) in [7, 11) is 0. The highest BCUT2D eigenvalue weighted by atomic mass is 19.1. The first-order chi connectivity index (χ1) is 15.0. The second-order valence-electron chi connectivity index (χ2n) is 7.92. The first kappa shape index (κ1) is 21.2. The molecule has 3 aromatic rings. The summed E-state index contributed by atoms with van der Waals surface area (Å²) in [5.74, 6) is 0.985.